The number of nitrogens with zero attached hydrogens (tertiary/aromatic N) is 4. The van der Waals surface area contributed by atoms with Gasteiger partial charge in [-0.1, -0.05) is 58.7 Å². The molecule has 0 atom stereocenters. The number of hydrogen-bond donors (Lipinski definition) is 1. The van der Waals surface area contributed by atoms with E-state index in [0.717, 1.165) is 18.9 Å². The Labute approximate surface area is 255 Å². The van der Waals surface area contributed by atoms with Crippen molar-refractivity contribution in [2.24, 2.45) is 0 Å². The number of carbonyl (C=O) groups is 3. The first-order valence-corrected chi connectivity index (χ1v) is 14.2. The van der Waals surface area contributed by atoms with Crippen LogP contribution < -0.4 is 4.90 Å². The molecule has 4 aromatic rings. The Morgan fingerprint density at radius 3 is 2.48 bits per heavy atom. The van der Waals surface area contributed by atoms with E-state index in [1.54, 1.807) is 35.4 Å². The summed E-state index contributed by atoms with van der Waals surface area (Å²) in [6, 6.07) is 10.0. The number of anilines is 1. The highest BCUT2D eigenvalue weighted by Gasteiger charge is 2.54. The van der Waals surface area contributed by atoms with E-state index in [1.165, 1.54) is 28.9 Å². The fourth-order valence-electron chi connectivity index (χ4n) is 5.58. The summed E-state index contributed by atoms with van der Waals surface area (Å²) in [4.78, 5) is 41.8. The van der Waals surface area contributed by atoms with Gasteiger partial charge < -0.3 is 19.4 Å². The van der Waals surface area contributed by atoms with Gasteiger partial charge >= 0.3 is 5.97 Å². The van der Waals surface area contributed by atoms with E-state index in [4.69, 9.17) is 44.4 Å². The van der Waals surface area contributed by atoms with E-state index in [1.807, 2.05) is 4.90 Å². The average molecular weight is 626 g/mol. The van der Waals surface area contributed by atoms with Crippen molar-refractivity contribution in [3.63, 3.8) is 0 Å². The highest BCUT2D eigenvalue weighted by Crippen LogP contribution is 2.49. The summed E-state index contributed by atoms with van der Waals surface area (Å²) in [5, 5.41) is 14.8. The summed E-state index contributed by atoms with van der Waals surface area (Å²) in [6.07, 6.45) is 7.03. The van der Waals surface area contributed by atoms with Crippen LogP contribution >= 0.6 is 34.8 Å². The zero-order valence-corrected chi connectivity index (χ0v) is 24.3. The molecular formula is C30H23Cl3N4O5. The quantitative estimate of drug-likeness (QED) is 0.247. The second-order valence-corrected chi connectivity index (χ2v) is 11.5. The Bertz CT molecular complexity index is 1800. The number of carboxylic acids is 1. The molecule has 214 valence electrons. The number of amides is 1. The molecular weight excluding hydrogens is 603 g/mol. The minimum absolute atomic E-state index is 0.151. The molecule has 2 aromatic carbocycles. The maximum absolute atomic E-state index is 14.5. The maximum Gasteiger partial charge on any atom is 0.328 e. The molecule has 1 amide bonds. The van der Waals surface area contributed by atoms with Gasteiger partial charge in [0.15, 0.2) is 0 Å². The van der Waals surface area contributed by atoms with Gasteiger partial charge in [-0.05, 0) is 54.8 Å². The largest absolute Gasteiger partial charge is 0.478 e. The van der Waals surface area contributed by atoms with Crippen LogP contribution in [0.4, 0.5) is 5.88 Å². The standard InChI is InChI=1S/C30H23Cl3N4O5/c1-2-23(38)35-12-13-37(30(16-35)9-10-30)29-26(27(34-42-29)25-20(32)14-18(31)15-21(25)33)28(41)36-11-8-19-17(6-7-24(39)40)4-3-5-22(19)36/h2-8,11,14-15H,1,9-10,12-13,16H2,(H,39,40)/b7-6+. The summed E-state index contributed by atoms with van der Waals surface area (Å²) < 4.78 is 7.40. The van der Waals surface area contributed by atoms with Gasteiger partial charge in [0.25, 0.3) is 5.91 Å². The number of carbonyl (C=O) groups excluding carboxylic acids is 2. The number of rotatable bonds is 6. The van der Waals surface area contributed by atoms with Crippen LogP contribution in [-0.4, -0.2) is 62.7 Å². The summed E-state index contributed by atoms with van der Waals surface area (Å²) in [7, 11) is 0. The van der Waals surface area contributed by atoms with Crippen LogP contribution in [0.1, 0.15) is 28.8 Å². The molecule has 42 heavy (non-hydrogen) atoms. The van der Waals surface area contributed by atoms with Gasteiger partial charge in [-0.3, -0.25) is 14.2 Å². The van der Waals surface area contributed by atoms with E-state index in [2.05, 4.69) is 11.7 Å². The molecule has 6 rings (SSSR count). The molecule has 0 unspecified atom stereocenters. The lowest BCUT2D eigenvalue weighted by molar-refractivity contribution is -0.131. The van der Waals surface area contributed by atoms with E-state index < -0.39 is 17.4 Å². The molecule has 1 N–H and O–H groups in total. The first kappa shape index (κ1) is 28.1. The highest BCUT2D eigenvalue weighted by molar-refractivity contribution is 6.42. The lowest BCUT2D eigenvalue weighted by Gasteiger charge is -2.41. The predicted molar refractivity (Wildman–Crippen MR) is 161 cm³/mol. The van der Waals surface area contributed by atoms with Crippen LogP contribution in [0.5, 0.6) is 0 Å². The van der Waals surface area contributed by atoms with Gasteiger partial charge in [0.05, 0.1) is 21.1 Å². The summed E-state index contributed by atoms with van der Waals surface area (Å²) in [5.41, 5.74) is 1.39. The van der Waals surface area contributed by atoms with Crippen LogP contribution in [0.2, 0.25) is 15.1 Å². The monoisotopic (exact) mass is 624 g/mol. The molecule has 0 bridgehead atoms. The van der Waals surface area contributed by atoms with Crippen LogP contribution in [0, 0.1) is 0 Å². The summed E-state index contributed by atoms with van der Waals surface area (Å²) in [6.45, 7) is 4.88. The smallest absolute Gasteiger partial charge is 0.328 e. The number of hydrogen-bond acceptors (Lipinski definition) is 6. The van der Waals surface area contributed by atoms with Crippen LogP contribution in [0.3, 0.4) is 0 Å². The molecule has 1 saturated heterocycles. The fourth-order valence-corrected chi connectivity index (χ4v) is 6.57. The van der Waals surface area contributed by atoms with Crippen molar-refractivity contribution in [1.82, 2.24) is 14.6 Å². The first-order chi connectivity index (χ1) is 20.1. The molecule has 2 aromatic heterocycles. The Kier molecular flexibility index (Phi) is 7.12. The SMILES string of the molecule is C=CC(=O)N1CCN(c2onc(-c3c(Cl)cc(Cl)cc3Cl)c2C(=O)n2ccc3c(/C=C/C(=O)O)cccc32)C2(CC2)C1. The second-order valence-electron chi connectivity index (χ2n) is 10.2. The van der Waals surface area contributed by atoms with Gasteiger partial charge in [0.1, 0.15) is 11.3 Å². The van der Waals surface area contributed by atoms with E-state index >= 15 is 0 Å². The van der Waals surface area contributed by atoms with Crippen LogP contribution in [-0.2, 0) is 9.59 Å². The topological polar surface area (TPSA) is 109 Å². The number of carboxylic acid groups (broad SMARTS) is 1. The lowest BCUT2D eigenvalue weighted by atomic mass is 10.0. The fraction of sp³-hybridized carbons (Fsp3) is 0.200. The average Bonchev–Trinajstić information content (AvgIpc) is 3.37. The number of benzene rings is 2. The molecule has 2 aliphatic rings. The molecule has 2 fully saturated rings. The maximum atomic E-state index is 14.5. The van der Waals surface area contributed by atoms with Crippen LogP contribution in [0.25, 0.3) is 28.2 Å². The highest BCUT2D eigenvalue weighted by atomic mass is 35.5. The second kappa shape index (κ2) is 10.7. The number of fused-ring (bicyclic) bond motifs is 1. The third-order valence-electron chi connectivity index (χ3n) is 7.73. The van der Waals surface area contributed by atoms with Crippen molar-refractivity contribution in [2.75, 3.05) is 24.5 Å². The molecule has 1 saturated carbocycles. The van der Waals surface area contributed by atoms with Gasteiger partial charge in [-0.25, -0.2) is 4.79 Å². The third kappa shape index (κ3) is 4.77. The molecule has 1 aliphatic carbocycles. The summed E-state index contributed by atoms with van der Waals surface area (Å²) >= 11 is 19.3. The Morgan fingerprint density at radius 2 is 1.81 bits per heavy atom. The van der Waals surface area contributed by atoms with Gasteiger partial charge in [0.2, 0.25) is 11.8 Å². The summed E-state index contributed by atoms with van der Waals surface area (Å²) in [5.74, 6) is -1.43. The zero-order valence-electron chi connectivity index (χ0n) is 22.0. The Morgan fingerprint density at radius 1 is 1.07 bits per heavy atom. The van der Waals surface area contributed by atoms with E-state index in [-0.39, 0.29) is 33.1 Å². The van der Waals surface area contributed by atoms with Gasteiger partial charge in [-0.15, -0.1) is 0 Å². The van der Waals surface area contributed by atoms with Crippen molar-refractivity contribution >= 4 is 75.4 Å². The van der Waals surface area contributed by atoms with Crippen molar-refractivity contribution in [3.8, 4) is 11.3 Å². The van der Waals surface area contributed by atoms with Crippen LogP contribution in [0.15, 0.2) is 65.8 Å². The number of piperazine rings is 1. The molecule has 0 radical (unpaired) electrons. The van der Waals surface area contributed by atoms with Crippen molar-refractivity contribution in [2.45, 2.75) is 18.4 Å². The van der Waals surface area contributed by atoms with E-state index in [9.17, 15) is 14.4 Å². The molecule has 1 spiro atoms. The van der Waals surface area contributed by atoms with Gasteiger partial charge in [-0.2, -0.15) is 0 Å². The van der Waals surface area contributed by atoms with Crippen molar-refractivity contribution < 1.29 is 24.0 Å². The Hall–Kier alpha value is -4.05. The number of aliphatic carboxylic acids is 1. The van der Waals surface area contributed by atoms with Gasteiger partial charge in [0, 0.05) is 47.9 Å². The number of aromatic nitrogens is 2. The molecule has 3 heterocycles. The zero-order chi connectivity index (χ0) is 29.8. The third-order valence-corrected chi connectivity index (χ3v) is 8.55. The van der Waals surface area contributed by atoms with E-state index in [0.29, 0.717) is 46.7 Å². The minimum atomic E-state index is -1.08. The Balaban J connectivity index is 1.51. The predicted octanol–water partition coefficient (Wildman–Crippen LogP) is 6.41. The molecule has 1 aliphatic heterocycles. The molecule has 9 nitrogen and oxygen atoms in total. The number of halogens is 3. The minimum Gasteiger partial charge on any atom is -0.478 e. The molecule has 12 heteroatoms. The van der Waals surface area contributed by atoms with Crippen molar-refractivity contribution in [3.05, 3.63) is 87.5 Å². The lowest BCUT2D eigenvalue weighted by Crippen LogP contribution is -2.56. The first-order valence-electron chi connectivity index (χ1n) is 13.0. The normalized spacial score (nSPS) is 16.0. The van der Waals surface area contributed by atoms with Crippen molar-refractivity contribution in [1.29, 1.82) is 0 Å².